The van der Waals surface area contributed by atoms with E-state index >= 15 is 0 Å². The fourth-order valence-electron chi connectivity index (χ4n) is 4.31. The van der Waals surface area contributed by atoms with Gasteiger partial charge in [-0.3, -0.25) is 19.5 Å². The number of hydrogen-bond acceptors (Lipinski definition) is 6. The van der Waals surface area contributed by atoms with Crippen molar-refractivity contribution in [3.05, 3.63) is 76.8 Å². The summed E-state index contributed by atoms with van der Waals surface area (Å²) in [5.41, 5.74) is 0.516. The predicted molar refractivity (Wildman–Crippen MR) is 126 cm³/mol. The highest BCUT2D eigenvalue weighted by atomic mass is 32.1. The molecule has 2 amide bonds. The fraction of sp³-hybridized carbons (Fsp3) is 0.333. The second-order valence-electron chi connectivity index (χ2n) is 8.14. The van der Waals surface area contributed by atoms with Gasteiger partial charge in [0.25, 0.3) is 0 Å². The van der Waals surface area contributed by atoms with Crippen LogP contribution in [0, 0.1) is 5.82 Å². The van der Waals surface area contributed by atoms with Gasteiger partial charge in [-0.15, -0.1) is 11.3 Å². The predicted octanol–water partition coefficient (Wildman–Crippen LogP) is 2.99. The first-order valence-electron chi connectivity index (χ1n) is 10.8. The van der Waals surface area contributed by atoms with Gasteiger partial charge in [0, 0.05) is 37.3 Å². The standard InChI is InChI=1S/C24H26FN5O2S/c1-26-22(32)24(20-9-4-5-11-27-20)10-6-12-30(16-24)15-21(31)29-23-28-14-18(33-23)13-17-7-2-3-8-19(17)25/h2-5,7-9,11,14H,6,10,12-13,15-16H2,1H3,(H,26,32)(H,28,29,31)/t24-/m1/s1. The lowest BCUT2D eigenvalue weighted by molar-refractivity contribution is -0.130. The molecule has 2 N–H and O–H groups in total. The molecule has 9 heteroatoms. The smallest absolute Gasteiger partial charge is 0.240 e. The van der Waals surface area contributed by atoms with E-state index in [0.717, 1.165) is 17.8 Å². The molecule has 0 bridgehead atoms. The molecule has 0 unspecified atom stereocenters. The van der Waals surface area contributed by atoms with Gasteiger partial charge in [0.1, 0.15) is 11.2 Å². The van der Waals surface area contributed by atoms with Crippen molar-refractivity contribution in [3.8, 4) is 0 Å². The molecule has 1 aromatic carbocycles. The van der Waals surface area contributed by atoms with Crippen molar-refractivity contribution < 1.29 is 14.0 Å². The highest BCUT2D eigenvalue weighted by Crippen LogP contribution is 2.33. The van der Waals surface area contributed by atoms with E-state index in [-0.39, 0.29) is 24.2 Å². The third-order valence-electron chi connectivity index (χ3n) is 5.88. The summed E-state index contributed by atoms with van der Waals surface area (Å²) in [4.78, 5) is 37.2. The second kappa shape index (κ2) is 10.2. The number of rotatable bonds is 7. The van der Waals surface area contributed by atoms with E-state index in [1.807, 2.05) is 23.1 Å². The third-order valence-corrected chi connectivity index (χ3v) is 6.79. The Morgan fingerprint density at radius 1 is 1.18 bits per heavy atom. The molecule has 4 rings (SSSR count). The molecule has 0 radical (unpaired) electrons. The number of amides is 2. The first-order valence-corrected chi connectivity index (χ1v) is 11.7. The summed E-state index contributed by atoms with van der Waals surface area (Å²) in [7, 11) is 1.63. The van der Waals surface area contributed by atoms with Gasteiger partial charge >= 0.3 is 0 Å². The Kier molecular flexibility index (Phi) is 7.10. The summed E-state index contributed by atoms with van der Waals surface area (Å²) in [6, 6.07) is 12.2. The quantitative estimate of drug-likeness (QED) is 0.558. The zero-order valence-corrected chi connectivity index (χ0v) is 19.2. The minimum atomic E-state index is -0.789. The normalized spacial score (nSPS) is 18.6. The molecule has 172 valence electrons. The molecule has 7 nitrogen and oxygen atoms in total. The Morgan fingerprint density at radius 3 is 2.76 bits per heavy atom. The maximum absolute atomic E-state index is 13.9. The average molecular weight is 468 g/mol. The maximum atomic E-state index is 13.9. The van der Waals surface area contributed by atoms with Gasteiger partial charge < -0.3 is 10.6 Å². The number of anilines is 1. The van der Waals surface area contributed by atoms with E-state index in [1.54, 1.807) is 37.6 Å². The Hall–Kier alpha value is -3.17. The van der Waals surface area contributed by atoms with Crippen molar-refractivity contribution in [2.75, 3.05) is 32.0 Å². The molecule has 0 spiro atoms. The van der Waals surface area contributed by atoms with Crippen molar-refractivity contribution in [2.45, 2.75) is 24.7 Å². The van der Waals surface area contributed by atoms with E-state index in [2.05, 4.69) is 20.6 Å². The second-order valence-corrected chi connectivity index (χ2v) is 9.25. The molecule has 1 atom stereocenters. The number of nitrogens with one attached hydrogen (secondary N) is 2. The van der Waals surface area contributed by atoms with Crippen LogP contribution in [0.5, 0.6) is 0 Å². The van der Waals surface area contributed by atoms with Gasteiger partial charge in [0.2, 0.25) is 11.8 Å². The first-order chi connectivity index (χ1) is 16.0. The van der Waals surface area contributed by atoms with Crippen LogP contribution < -0.4 is 10.6 Å². The molecule has 3 aromatic rings. The topological polar surface area (TPSA) is 87.2 Å². The van der Waals surface area contributed by atoms with E-state index < -0.39 is 5.41 Å². The van der Waals surface area contributed by atoms with Crippen molar-refractivity contribution in [1.29, 1.82) is 0 Å². The van der Waals surface area contributed by atoms with E-state index in [9.17, 15) is 14.0 Å². The zero-order valence-electron chi connectivity index (χ0n) is 18.4. The van der Waals surface area contributed by atoms with E-state index in [1.165, 1.54) is 17.4 Å². The van der Waals surface area contributed by atoms with Crippen LogP contribution in [0.1, 0.15) is 29.0 Å². The van der Waals surface area contributed by atoms with Crippen molar-refractivity contribution in [1.82, 2.24) is 20.2 Å². The number of likely N-dealkylation sites (tertiary alicyclic amines) is 1. The molecule has 33 heavy (non-hydrogen) atoms. The summed E-state index contributed by atoms with van der Waals surface area (Å²) in [6.07, 6.45) is 5.22. The number of carbonyl (C=O) groups excluding carboxylic acids is 2. The Balaban J connectivity index is 1.40. The number of pyridine rings is 1. The zero-order chi connectivity index (χ0) is 23.3. The summed E-state index contributed by atoms with van der Waals surface area (Å²) in [6.45, 7) is 1.27. The van der Waals surface area contributed by atoms with Gasteiger partial charge in [0.15, 0.2) is 5.13 Å². The number of aromatic nitrogens is 2. The number of likely N-dealkylation sites (N-methyl/N-ethyl adjacent to an activating group) is 1. The number of carbonyl (C=O) groups is 2. The lowest BCUT2D eigenvalue weighted by Gasteiger charge is -2.40. The van der Waals surface area contributed by atoms with Crippen molar-refractivity contribution >= 4 is 28.3 Å². The van der Waals surface area contributed by atoms with Gasteiger partial charge in [-0.1, -0.05) is 24.3 Å². The van der Waals surface area contributed by atoms with Gasteiger partial charge in [-0.25, -0.2) is 9.37 Å². The Bertz CT molecular complexity index is 1120. The largest absolute Gasteiger partial charge is 0.358 e. The van der Waals surface area contributed by atoms with Gasteiger partial charge in [-0.05, 0) is 43.1 Å². The molecule has 1 aliphatic heterocycles. The number of halogens is 1. The molecule has 1 saturated heterocycles. The summed E-state index contributed by atoms with van der Waals surface area (Å²) in [5.74, 6) is -0.548. The minimum absolute atomic E-state index is 0.0935. The van der Waals surface area contributed by atoms with Gasteiger partial charge in [0.05, 0.1) is 12.2 Å². The van der Waals surface area contributed by atoms with Crippen LogP contribution >= 0.6 is 11.3 Å². The van der Waals surface area contributed by atoms with Crippen LogP contribution in [0.25, 0.3) is 0 Å². The van der Waals surface area contributed by atoms with Crippen LogP contribution in [0.2, 0.25) is 0 Å². The number of piperidine rings is 1. The van der Waals surface area contributed by atoms with E-state index in [0.29, 0.717) is 35.8 Å². The van der Waals surface area contributed by atoms with Crippen LogP contribution in [0.4, 0.5) is 9.52 Å². The number of hydrogen-bond donors (Lipinski definition) is 2. The summed E-state index contributed by atoms with van der Waals surface area (Å²) in [5, 5.41) is 6.09. The molecular weight excluding hydrogens is 441 g/mol. The molecule has 1 aliphatic rings. The number of nitrogens with zero attached hydrogens (tertiary/aromatic N) is 3. The van der Waals surface area contributed by atoms with Crippen LogP contribution in [-0.2, 0) is 21.4 Å². The average Bonchev–Trinajstić information content (AvgIpc) is 3.27. The highest BCUT2D eigenvalue weighted by Gasteiger charge is 2.44. The Morgan fingerprint density at radius 2 is 2.00 bits per heavy atom. The summed E-state index contributed by atoms with van der Waals surface area (Å²) >= 11 is 1.33. The molecular formula is C24H26FN5O2S. The molecule has 0 aliphatic carbocycles. The monoisotopic (exact) mass is 467 g/mol. The van der Waals surface area contributed by atoms with E-state index in [4.69, 9.17) is 0 Å². The third kappa shape index (κ3) is 5.26. The molecule has 0 saturated carbocycles. The fourth-order valence-corrected chi connectivity index (χ4v) is 5.17. The van der Waals surface area contributed by atoms with Crippen LogP contribution in [-0.4, -0.2) is 53.4 Å². The van der Waals surface area contributed by atoms with Crippen molar-refractivity contribution in [3.63, 3.8) is 0 Å². The van der Waals surface area contributed by atoms with Crippen LogP contribution in [0.15, 0.2) is 54.9 Å². The molecule has 3 heterocycles. The lowest BCUT2D eigenvalue weighted by atomic mass is 9.75. The van der Waals surface area contributed by atoms with Crippen LogP contribution in [0.3, 0.4) is 0 Å². The highest BCUT2D eigenvalue weighted by molar-refractivity contribution is 7.15. The maximum Gasteiger partial charge on any atom is 0.240 e. The van der Waals surface area contributed by atoms with Gasteiger partial charge in [-0.2, -0.15) is 0 Å². The molecule has 1 fully saturated rings. The SMILES string of the molecule is CNC(=O)[C@]1(c2ccccn2)CCCN(CC(=O)Nc2ncc(Cc3ccccc3F)s2)C1. The minimum Gasteiger partial charge on any atom is -0.358 e. The van der Waals surface area contributed by atoms with Crippen molar-refractivity contribution in [2.24, 2.45) is 0 Å². The number of thiazole rings is 1. The Labute approximate surface area is 196 Å². The lowest BCUT2D eigenvalue weighted by Crippen LogP contribution is -2.55. The summed E-state index contributed by atoms with van der Waals surface area (Å²) < 4.78 is 13.9. The molecule has 2 aromatic heterocycles. The first kappa shape index (κ1) is 23.0. The number of benzene rings is 1.